The number of aliphatic hydroxyl groups excluding tert-OH is 6. The lowest BCUT2D eigenvalue weighted by Crippen LogP contribution is -2.67. The van der Waals surface area contributed by atoms with Crippen LogP contribution in [0.5, 0.6) is 0 Å². The molecule has 5 aliphatic carbocycles. The summed E-state index contributed by atoms with van der Waals surface area (Å²) < 4.78 is 29.4. The van der Waals surface area contributed by atoms with Crippen molar-refractivity contribution in [2.24, 2.45) is 44.8 Å². The largest absolute Gasteiger partial charge is 0.454 e. The number of fused-ring (bicyclic) bond motifs is 7. The van der Waals surface area contributed by atoms with E-state index in [-0.39, 0.29) is 46.2 Å². The second kappa shape index (κ2) is 14.5. The lowest BCUT2D eigenvalue weighted by atomic mass is 9.33. The summed E-state index contributed by atoms with van der Waals surface area (Å²) in [6.07, 6.45) is -3.53. The molecular formula is C42H66O14. The van der Waals surface area contributed by atoms with Crippen molar-refractivity contribution in [2.45, 2.75) is 180 Å². The number of esters is 2. The van der Waals surface area contributed by atoms with Gasteiger partial charge in [-0.3, -0.25) is 9.59 Å². The van der Waals surface area contributed by atoms with E-state index in [1.807, 2.05) is 6.92 Å². The van der Waals surface area contributed by atoms with Crippen molar-refractivity contribution in [3.63, 3.8) is 0 Å². The zero-order chi connectivity index (χ0) is 41.0. The molecular weight excluding hydrogens is 728 g/mol. The maximum absolute atomic E-state index is 14.5. The molecule has 0 aromatic heterocycles. The summed E-state index contributed by atoms with van der Waals surface area (Å²) in [7, 11) is 0. The summed E-state index contributed by atoms with van der Waals surface area (Å²) >= 11 is 0. The van der Waals surface area contributed by atoms with Crippen LogP contribution in [0.3, 0.4) is 0 Å². The second-order valence-corrected chi connectivity index (χ2v) is 20.0. The number of hydrogen-bond donors (Lipinski definition) is 7. The van der Waals surface area contributed by atoms with Gasteiger partial charge in [-0.05, 0) is 105 Å². The minimum Gasteiger partial charge on any atom is -0.454 e. The van der Waals surface area contributed by atoms with Crippen LogP contribution in [-0.2, 0) is 33.3 Å². The maximum atomic E-state index is 14.5. The molecule has 0 unspecified atom stereocenters. The Morgan fingerprint density at radius 3 is 2.21 bits per heavy atom. The summed E-state index contributed by atoms with van der Waals surface area (Å²) in [5.74, 6) is -1.23. The van der Waals surface area contributed by atoms with Gasteiger partial charge in [0, 0.05) is 12.8 Å². The molecule has 7 aliphatic rings. The van der Waals surface area contributed by atoms with Crippen molar-refractivity contribution in [3.05, 3.63) is 11.6 Å². The quantitative estimate of drug-likeness (QED) is 0.117. The Morgan fingerprint density at radius 2 is 1.54 bits per heavy atom. The summed E-state index contributed by atoms with van der Waals surface area (Å²) in [6, 6.07) is 0. The van der Waals surface area contributed by atoms with Gasteiger partial charge in [-0.1, -0.05) is 46.3 Å². The molecule has 0 aromatic rings. The molecule has 14 nitrogen and oxygen atoms in total. The van der Waals surface area contributed by atoms with E-state index >= 15 is 0 Å². The minimum absolute atomic E-state index is 0.0918. The van der Waals surface area contributed by atoms with E-state index in [1.54, 1.807) is 0 Å². The first kappa shape index (κ1) is 42.4. The van der Waals surface area contributed by atoms with Crippen molar-refractivity contribution in [2.75, 3.05) is 13.2 Å². The Kier molecular flexibility index (Phi) is 11.0. The van der Waals surface area contributed by atoms with E-state index in [0.29, 0.717) is 32.1 Å². The topological polar surface area (TPSA) is 222 Å². The Hall–Kier alpha value is -1.72. The van der Waals surface area contributed by atoms with E-state index in [1.165, 1.54) is 6.92 Å². The number of aliphatic hydroxyl groups is 7. The van der Waals surface area contributed by atoms with E-state index in [9.17, 15) is 45.3 Å². The van der Waals surface area contributed by atoms with Crippen LogP contribution in [0, 0.1) is 44.8 Å². The lowest BCUT2D eigenvalue weighted by molar-refractivity contribution is -0.310. The van der Waals surface area contributed by atoms with Crippen molar-refractivity contribution >= 4 is 11.9 Å². The fourth-order valence-electron chi connectivity index (χ4n) is 13.7. The van der Waals surface area contributed by atoms with E-state index in [4.69, 9.17) is 23.7 Å². The molecule has 0 spiro atoms. The first-order chi connectivity index (χ1) is 26.1. The predicted molar refractivity (Wildman–Crippen MR) is 198 cm³/mol. The van der Waals surface area contributed by atoms with Crippen molar-refractivity contribution in [3.8, 4) is 0 Å². The van der Waals surface area contributed by atoms with Crippen LogP contribution in [0.1, 0.15) is 113 Å². The number of hydrogen-bond acceptors (Lipinski definition) is 14. The van der Waals surface area contributed by atoms with Gasteiger partial charge in [0.05, 0.1) is 30.3 Å². The second-order valence-electron chi connectivity index (χ2n) is 20.0. The van der Waals surface area contributed by atoms with Crippen molar-refractivity contribution in [1.82, 2.24) is 0 Å². The molecule has 14 heteroatoms. The normalized spacial score (nSPS) is 52.6. The monoisotopic (exact) mass is 794 g/mol. The molecule has 2 heterocycles. The molecule has 7 rings (SSSR count). The molecule has 318 valence electrons. The molecule has 6 fully saturated rings. The average Bonchev–Trinajstić information content (AvgIpc) is 3.12. The number of carbonyl (C=O) groups is 2. The van der Waals surface area contributed by atoms with Crippen LogP contribution >= 0.6 is 0 Å². The number of rotatable bonds is 6. The highest BCUT2D eigenvalue weighted by molar-refractivity contribution is 5.79. The predicted octanol–water partition coefficient (Wildman–Crippen LogP) is 2.25. The number of carbonyl (C=O) groups excluding carboxylic acids is 2. The SMILES string of the molecule is CC(=O)O[C@H]1[C@H](O[C@H]2CC[C@@]3(C)[C@H](CC[C@]4(C)[C@H]3CC=C3[C@H]5[C@](C(=O)O[C@@H]6O[C@H](CO)[C@@H](O)[C@H](O)[C@H]6O)(CCC[C@@]5(C)O)CC[C@]34C)C2(C)C)OC[C@H](O)[C@@H]1O. The first-order valence-corrected chi connectivity index (χ1v) is 20.8. The molecule has 2 saturated heterocycles. The summed E-state index contributed by atoms with van der Waals surface area (Å²) in [4.78, 5) is 26.5. The summed E-state index contributed by atoms with van der Waals surface area (Å²) in [6.45, 7) is 13.9. The van der Waals surface area contributed by atoms with Crippen LogP contribution in [0.25, 0.3) is 0 Å². The van der Waals surface area contributed by atoms with Crippen LogP contribution in [0.15, 0.2) is 11.6 Å². The zero-order valence-corrected chi connectivity index (χ0v) is 34.1. The van der Waals surface area contributed by atoms with Gasteiger partial charge in [-0.2, -0.15) is 0 Å². The van der Waals surface area contributed by atoms with Crippen LogP contribution < -0.4 is 0 Å². The number of allylic oxidation sites excluding steroid dienone is 1. The van der Waals surface area contributed by atoms with Gasteiger partial charge < -0.3 is 59.4 Å². The molecule has 4 saturated carbocycles. The molecule has 0 amide bonds. The van der Waals surface area contributed by atoms with Gasteiger partial charge in [-0.25, -0.2) is 0 Å². The molecule has 2 aliphatic heterocycles. The van der Waals surface area contributed by atoms with Crippen LogP contribution in [0.2, 0.25) is 0 Å². The molecule has 0 radical (unpaired) electrons. The standard InChI is InChI=1S/C42H66O14/c1-21(44)53-32-28(46)23(45)20-52-35(32)55-27-12-15-38(4)25(37(27,2)3)11-16-40(6)26(38)10-9-22-33-41(7,51)13-8-14-42(33,18-17-39(22,40)5)36(50)56-34-31(49)30(48)29(47)24(19-43)54-34/h9,23-35,43,45-49,51H,8,10-20H2,1-7H3/t23-,24+,25+,26-,27-,28-,29+,30-,31+,32+,33+,34-,35-,38-,39+,40+,41+,42-/m0/s1. The highest BCUT2D eigenvalue weighted by atomic mass is 16.7. The van der Waals surface area contributed by atoms with Gasteiger partial charge >= 0.3 is 11.9 Å². The third kappa shape index (κ3) is 6.25. The van der Waals surface area contributed by atoms with Gasteiger partial charge in [0.25, 0.3) is 0 Å². The van der Waals surface area contributed by atoms with Gasteiger partial charge in [-0.15, -0.1) is 0 Å². The summed E-state index contributed by atoms with van der Waals surface area (Å²) in [5, 5.41) is 74.5. The molecule has 56 heavy (non-hydrogen) atoms. The van der Waals surface area contributed by atoms with E-state index in [2.05, 4.69) is 40.7 Å². The van der Waals surface area contributed by atoms with Crippen molar-refractivity contribution in [1.29, 1.82) is 0 Å². The van der Waals surface area contributed by atoms with Gasteiger partial charge in [0.1, 0.15) is 36.6 Å². The molecule has 18 atom stereocenters. The van der Waals surface area contributed by atoms with Crippen LogP contribution in [-0.4, -0.2) is 128 Å². The third-order valence-corrected chi connectivity index (χ3v) is 16.8. The first-order valence-electron chi connectivity index (χ1n) is 20.8. The molecule has 0 bridgehead atoms. The summed E-state index contributed by atoms with van der Waals surface area (Å²) in [5.41, 5.74) is -2.20. The fraction of sp³-hybridized carbons (Fsp3) is 0.905. The zero-order valence-electron chi connectivity index (χ0n) is 34.1. The third-order valence-electron chi connectivity index (χ3n) is 16.8. The van der Waals surface area contributed by atoms with E-state index in [0.717, 1.165) is 37.7 Å². The smallest absolute Gasteiger partial charge is 0.315 e. The number of ether oxygens (including phenoxy) is 5. The van der Waals surface area contributed by atoms with E-state index < -0.39 is 90.8 Å². The van der Waals surface area contributed by atoms with Crippen molar-refractivity contribution < 1.29 is 69.0 Å². The molecule has 0 aromatic carbocycles. The van der Waals surface area contributed by atoms with Crippen LogP contribution in [0.4, 0.5) is 0 Å². The highest BCUT2D eigenvalue weighted by Gasteiger charge is 2.71. The fourth-order valence-corrected chi connectivity index (χ4v) is 13.7. The van der Waals surface area contributed by atoms with Gasteiger partial charge in [0.15, 0.2) is 12.4 Å². The lowest BCUT2D eigenvalue weighted by Gasteiger charge is -2.71. The average molecular weight is 795 g/mol. The minimum atomic E-state index is -1.72. The maximum Gasteiger partial charge on any atom is 0.315 e. The molecule has 7 N–H and O–H groups in total. The highest BCUT2D eigenvalue weighted by Crippen LogP contribution is 2.76. The Bertz CT molecular complexity index is 1550. The van der Waals surface area contributed by atoms with Gasteiger partial charge in [0.2, 0.25) is 6.29 Å². The Morgan fingerprint density at radius 1 is 0.821 bits per heavy atom. The Labute approximate surface area is 329 Å². The Balaban J connectivity index is 1.16.